The number of hydrogen-bond acceptors (Lipinski definition) is 3. The second-order valence-corrected chi connectivity index (χ2v) is 9.83. The highest BCUT2D eigenvalue weighted by atomic mass is 16.2. The summed E-state index contributed by atoms with van der Waals surface area (Å²) in [5, 5.41) is 3.66. The normalized spacial score (nSPS) is 28.9. The second-order valence-electron chi connectivity index (χ2n) is 9.83. The molecular weight excluding hydrogens is 300 g/mol. The summed E-state index contributed by atoms with van der Waals surface area (Å²) in [7, 11) is 0. The van der Waals surface area contributed by atoms with Crippen LogP contribution < -0.4 is 5.32 Å². The molecule has 1 N–H and O–H groups in total. The molecule has 1 atom stereocenters. The molecule has 2 aliphatic rings. The number of nitrogens with zero attached hydrogens (tertiary/aromatic N) is 1. The van der Waals surface area contributed by atoms with Gasteiger partial charge in [0.2, 0.25) is 5.91 Å². The van der Waals surface area contributed by atoms with Crippen LogP contribution in [0.4, 0.5) is 0 Å². The third-order valence-corrected chi connectivity index (χ3v) is 5.32. The van der Waals surface area contributed by atoms with E-state index in [4.69, 9.17) is 0 Å². The van der Waals surface area contributed by atoms with Gasteiger partial charge in [0, 0.05) is 41.9 Å². The fourth-order valence-electron chi connectivity index (χ4n) is 4.14. The molecule has 0 unspecified atom stereocenters. The average molecular weight is 337 g/mol. The number of Topliss-reactive ketones (excluding diaryl/α,β-unsaturated/α-hetero) is 1. The van der Waals surface area contributed by atoms with Gasteiger partial charge in [-0.25, -0.2) is 0 Å². The van der Waals surface area contributed by atoms with Crippen LogP contribution in [0.3, 0.4) is 0 Å². The highest BCUT2D eigenvalue weighted by Gasteiger charge is 2.38. The largest absolute Gasteiger partial charge is 0.342 e. The van der Waals surface area contributed by atoms with Crippen molar-refractivity contribution < 1.29 is 9.59 Å². The van der Waals surface area contributed by atoms with Crippen molar-refractivity contribution in [3.8, 4) is 0 Å². The third-order valence-electron chi connectivity index (χ3n) is 5.32. The van der Waals surface area contributed by atoms with Crippen molar-refractivity contribution in [2.45, 2.75) is 85.2 Å². The predicted octanol–water partition coefficient (Wildman–Crippen LogP) is 3.40. The minimum absolute atomic E-state index is 0.0350. The first-order valence-corrected chi connectivity index (χ1v) is 9.58. The van der Waals surface area contributed by atoms with E-state index in [0.29, 0.717) is 18.4 Å². The number of ketones is 1. The molecule has 0 spiro atoms. The molecule has 1 saturated heterocycles. The van der Waals surface area contributed by atoms with E-state index in [1.165, 1.54) is 0 Å². The van der Waals surface area contributed by atoms with E-state index in [-0.39, 0.29) is 28.7 Å². The minimum Gasteiger partial charge on any atom is -0.342 e. The Hall–Kier alpha value is -0.900. The van der Waals surface area contributed by atoms with Crippen LogP contribution in [-0.4, -0.2) is 41.3 Å². The maximum atomic E-state index is 12.8. The summed E-state index contributed by atoms with van der Waals surface area (Å²) in [4.78, 5) is 27.2. The van der Waals surface area contributed by atoms with Gasteiger partial charge in [0.15, 0.2) is 0 Å². The number of rotatable bonds is 3. The van der Waals surface area contributed by atoms with Crippen molar-refractivity contribution in [3.05, 3.63) is 0 Å². The van der Waals surface area contributed by atoms with Gasteiger partial charge in [-0.3, -0.25) is 9.59 Å². The summed E-state index contributed by atoms with van der Waals surface area (Å²) < 4.78 is 0. The Kier molecular flexibility index (Phi) is 5.79. The summed E-state index contributed by atoms with van der Waals surface area (Å²) in [6.07, 6.45) is 4.93. The lowest BCUT2D eigenvalue weighted by Gasteiger charge is -2.35. The first-order chi connectivity index (χ1) is 11.0. The Balaban J connectivity index is 1.83. The molecule has 4 nitrogen and oxygen atoms in total. The Labute approximate surface area is 147 Å². The van der Waals surface area contributed by atoms with Gasteiger partial charge in [-0.2, -0.15) is 0 Å². The molecule has 0 aromatic heterocycles. The van der Waals surface area contributed by atoms with Crippen molar-refractivity contribution in [2.24, 2.45) is 17.3 Å². The molecule has 0 bridgehead atoms. The Morgan fingerprint density at radius 3 is 1.96 bits per heavy atom. The molecule has 2 rings (SSSR count). The van der Waals surface area contributed by atoms with E-state index in [2.05, 4.69) is 26.1 Å². The monoisotopic (exact) mass is 336 g/mol. The molecule has 0 radical (unpaired) electrons. The molecule has 4 heteroatoms. The van der Waals surface area contributed by atoms with E-state index in [1.54, 1.807) is 0 Å². The lowest BCUT2D eigenvalue weighted by Crippen LogP contribution is -2.46. The Morgan fingerprint density at radius 1 is 0.875 bits per heavy atom. The van der Waals surface area contributed by atoms with Gasteiger partial charge in [-0.15, -0.1) is 0 Å². The summed E-state index contributed by atoms with van der Waals surface area (Å²) >= 11 is 0. The highest BCUT2D eigenvalue weighted by Crippen LogP contribution is 2.31. The molecule has 1 amide bonds. The summed E-state index contributed by atoms with van der Waals surface area (Å²) in [5.41, 5.74) is -0.169. The van der Waals surface area contributed by atoms with Gasteiger partial charge in [0.1, 0.15) is 5.78 Å². The van der Waals surface area contributed by atoms with Gasteiger partial charge in [0.25, 0.3) is 0 Å². The second kappa shape index (κ2) is 7.15. The molecule has 1 aliphatic heterocycles. The van der Waals surface area contributed by atoms with Gasteiger partial charge in [-0.05, 0) is 52.9 Å². The number of hydrogen-bond donors (Lipinski definition) is 1. The molecule has 24 heavy (non-hydrogen) atoms. The van der Waals surface area contributed by atoms with E-state index in [1.807, 2.05) is 25.7 Å². The molecule has 0 aromatic carbocycles. The van der Waals surface area contributed by atoms with E-state index >= 15 is 0 Å². The quantitative estimate of drug-likeness (QED) is 0.859. The van der Waals surface area contributed by atoms with E-state index in [9.17, 15) is 9.59 Å². The first-order valence-electron chi connectivity index (χ1n) is 9.58. The van der Waals surface area contributed by atoms with Crippen molar-refractivity contribution in [1.29, 1.82) is 0 Å². The van der Waals surface area contributed by atoms with Gasteiger partial charge in [-0.1, -0.05) is 20.8 Å². The smallest absolute Gasteiger partial charge is 0.225 e. The van der Waals surface area contributed by atoms with E-state index in [0.717, 1.165) is 38.6 Å². The molecule has 1 heterocycles. The maximum absolute atomic E-state index is 12.8. The van der Waals surface area contributed by atoms with Crippen LogP contribution in [-0.2, 0) is 9.59 Å². The average Bonchev–Trinajstić information content (AvgIpc) is 2.93. The van der Waals surface area contributed by atoms with Gasteiger partial charge in [0.05, 0.1) is 0 Å². The van der Waals surface area contributed by atoms with Crippen LogP contribution >= 0.6 is 0 Å². The zero-order chi connectivity index (χ0) is 18.1. The van der Waals surface area contributed by atoms with Crippen LogP contribution in [0.2, 0.25) is 0 Å². The number of likely N-dealkylation sites (tertiary alicyclic amines) is 1. The Morgan fingerprint density at radius 2 is 1.46 bits per heavy atom. The zero-order valence-corrected chi connectivity index (χ0v) is 16.4. The fourth-order valence-corrected chi connectivity index (χ4v) is 4.14. The first kappa shape index (κ1) is 19.4. The topological polar surface area (TPSA) is 49.4 Å². The molecular formula is C20H36N2O2. The van der Waals surface area contributed by atoms with Crippen molar-refractivity contribution >= 4 is 11.7 Å². The number of amides is 1. The van der Waals surface area contributed by atoms with Crippen molar-refractivity contribution in [3.63, 3.8) is 0 Å². The number of carbonyl (C=O) groups excluding carboxylic acids is 2. The van der Waals surface area contributed by atoms with Crippen LogP contribution in [0, 0.1) is 17.3 Å². The summed E-state index contributed by atoms with van der Waals surface area (Å²) in [6.45, 7) is 13.9. The molecule has 1 aliphatic carbocycles. The molecule has 1 saturated carbocycles. The Bertz CT molecular complexity index is 465. The number of carbonyl (C=O) groups is 2. The standard InChI is InChI=1S/C20H36N2O2/c1-19(2,3)17(23)15-11-12-22(13-15)18(24)14-7-9-16(10-8-14)21-20(4,5)6/h14-16,21H,7-13H2,1-6H3/t14-,15-,16-/m1/s1. The highest BCUT2D eigenvalue weighted by molar-refractivity contribution is 5.88. The minimum atomic E-state index is -0.305. The predicted molar refractivity (Wildman–Crippen MR) is 97.8 cm³/mol. The van der Waals surface area contributed by atoms with Crippen LogP contribution in [0.25, 0.3) is 0 Å². The van der Waals surface area contributed by atoms with Crippen LogP contribution in [0.1, 0.15) is 73.6 Å². The lowest BCUT2D eigenvalue weighted by atomic mass is 9.82. The zero-order valence-electron chi connectivity index (χ0n) is 16.4. The third kappa shape index (κ3) is 5.05. The van der Waals surface area contributed by atoms with E-state index < -0.39 is 0 Å². The lowest BCUT2D eigenvalue weighted by molar-refractivity contribution is -0.136. The molecule has 0 aromatic rings. The summed E-state index contributed by atoms with van der Waals surface area (Å²) in [6, 6.07) is 0.530. The SMILES string of the molecule is CC(C)(C)N[C@H]1CC[C@H](C(=O)N2CC[C@@H](C(=O)C(C)(C)C)C2)CC1. The van der Waals surface area contributed by atoms with Crippen LogP contribution in [0.15, 0.2) is 0 Å². The molecule has 138 valence electrons. The van der Waals surface area contributed by atoms with Crippen molar-refractivity contribution in [1.82, 2.24) is 10.2 Å². The maximum Gasteiger partial charge on any atom is 0.225 e. The summed E-state index contributed by atoms with van der Waals surface area (Å²) in [5.74, 6) is 0.781. The molecule has 2 fully saturated rings. The number of nitrogens with one attached hydrogen (secondary N) is 1. The van der Waals surface area contributed by atoms with Gasteiger partial charge >= 0.3 is 0 Å². The van der Waals surface area contributed by atoms with Crippen molar-refractivity contribution in [2.75, 3.05) is 13.1 Å². The van der Waals surface area contributed by atoms with Crippen LogP contribution in [0.5, 0.6) is 0 Å². The fraction of sp³-hybridized carbons (Fsp3) is 0.900. The van der Waals surface area contributed by atoms with Gasteiger partial charge < -0.3 is 10.2 Å².